The first-order chi connectivity index (χ1) is 15.3. The molecule has 1 aliphatic heterocycles. The van der Waals surface area contributed by atoms with Crippen LogP contribution in [0.4, 0.5) is 13.2 Å². The number of benzene rings is 1. The van der Waals surface area contributed by atoms with Crippen molar-refractivity contribution in [3.63, 3.8) is 0 Å². The van der Waals surface area contributed by atoms with Crippen LogP contribution in [0.3, 0.4) is 0 Å². The molecule has 164 valence electrons. The molecule has 32 heavy (non-hydrogen) atoms. The number of nitrogens with zero attached hydrogens (tertiary/aromatic N) is 5. The lowest BCUT2D eigenvalue weighted by Gasteiger charge is -2.32. The Labute approximate surface area is 181 Å². The van der Waals surface area contributed by atoms with Crippen LogP contribution in [0, 0.1) is 24.4 Å². The highest BCUT2D eigenvalue weighted by molar-refractivity contribution is 6.01. The molecule has 6 nitrogen and oxygen atoms in total. The van der Waals surface area contributed by atoms with Crippen molar-refractivity contribution in [3.05, 3.63) is 76.5 Å². The van der Waals surface area contributed by atoms with E-state index >= 15 is 0 Å². The Bertz CT molecular complexity index is 1370. The molecule has 0 aliphatic carbocycles. The molecule has 0 saturated carbocycles. The van der Waals surface area contributed by atoms with Crippen LogP contribution in [0.5, 0.6) is 0 Å². The van der Waals surface area contributed by atoms with E-state index in [1.165, 1.54) is 4.68 Å². The lowest BCUT2D eigenvalue weighted by atomic mass is 9.95. The molecule has 9 heteroatoms. The van der Waals surface area contributed by atoms with Gasteiger partial charge >= 0.3 is 0 Å². The van der Waals surface area contributed by atoms with Crippen LogP contribution in [0.15, 0.2) is 36.5 Å². The van der Waals surface area contributed by atoms with Crippen molar-refractivity contribution < 1.29 is 18.0 Å². The van der Waals surface area contributed by atoms with Gasteiger partial charge in [-0.2, -0.15) is 10.2 Å². The molecule has 0 unspecified atom stereocenters. The number of carbonyl (C=O) groups is 1. The van der Waals surface area contributed by atoms with Crippen molar-refractivity contribution >= 4 is 11.4 Å². The summed E-state index contributed by atoms with van der Waals surface area (Å²) in [5.74, 6) is -4.16. The number of hydrogen-bond acceptors (Lipinski definition) is 3. The highest BCUT2D eigenvalue weighted by Gasteiger charge is 2.34. The second-order valence-corrected chi connectivity index (χ2v) is 8.04. The molecule has 1 aromatic carbocycles. The Morgan fingerprint density at radius 2 is 1.88 bits per heavy atom. The van der Waals surface area contributed by atoms with Gasteiger partial charge in [-0.05, 0) is 44.5 Å². The molecular formula is C23H20F3N5O. The van der Waals surface area contributed by atoms with Gasteiger partial charge in [0.05, 0.1) is 34.7 Å². The summed E-state index contributed by atoms with van der Waals surface area (Å²) in [5, 5.41) is 8.88. The standard InChI is InChI=1S/C23H20F3N5O/c1-12-5-4-6-19-16(11-27-31(12)19)23(32)30-8-7-15-21(13(30)2)28-29(3)22(15)14-9-17(24)20(26)18(25)10-14/h4-6,9-11,13H,7-8H2,1-3H3/t13-/m0/s1. The van der Waals surface area contributed by atoms with Gasteiger partial charge in [-0.3, -0.25) is 9.48 Å². The van der Waals surface area contributed by atoms with Crippen LogP contribution in [0.1, 0.15) is 40.3 Å². The van der Waals surface area contributed by atoms with Crippen molar-refractivity contribution in [1.29, 1.82) is 0 Å². The van der Waals surface area contributed by atoms with Crippen molar-refractivity contribution in [2.45, 2.75) is 26.3 Å². The molecule has 0 spiro atoms. The summed E-state index contributed by atoms with van der Waals surface area (Å²) < 4.78 is 44.4. The summed E-state index contributed by atoms with van der Waals surface area (Å²) in [5.41, 5.74) is 4.33. The van der Waals surface area contributed by atoms with E-state index in [1.807, 2.05) is 32.0 Å². The van der Waals surface area contributed by atoms with Crippen LogP contribution >= 0.6 is 0 Å². The van der Waals surface area contributed by atoms with Gasteiger partial charge in [0, 0.05) is 30.4 Å². The Morgan fingerprint density at radius 1 is 1.16 bits per heavy atom. The first kappa shape index (κ1) is 20.3. The number of rotatable bonds is 2. The van der Waals surface area contributed by atoms with Gasteiger partial charge in [-0.1, -0.05) is 6.07 Å². The fourth-order valence-corrected chi connectivity index (χ4v) is 4.54. The maximum Gasteiger partial charge on any atom is 0.258 e. The molecule has 4 heterocycles. The van der Waals surface area contributed by atoms with Crippen LogP contribution < -0.4 is 0 Å². The molecule has 0 bridgehead atoms. The molecule has 3 aromatic heterocycles. The smallest absolute Gasteiger partial charge is 0.258 e. The Kier molecular flexibility index (Phi) is 4.58. The van der Waals surface area contributed by atoms with Crippen LogP contribution in [-0.2, 0) is 13.5 Å². The second-order valence-electron chi connectivity index (χ2n) is 8.04. The molecule has 0 saturated heterocycles. The van der Waals surface area contributed by atoms with Gasteiger partial charge in [0.15, 0.2) is 17.5 Å². The first-order valence-electron chi connectivity index (χ1n) is 10.2. The van der Waals surface area contributed by atoms with Crippen molar-refractivity contribution in [1.82, 2.24) is 24.3 Å². The minimum Gasteiger partial charge on any atom is -0.330 e. The maximum atomic E-state index is 13.8. The minimum absolute atomic E-state index is 0.158. The predicted octanol–water partition coefficient (Wildman–Crippen LogP) is 4.22. The van der Waals surface area contributed by atoms with Crippen molar-refractivity contribution in [2.24, 2.45) is 7.05 Å². The van der Waals surface area contributed by atoms with Gasteiger partial charge < -0.3 is 4.90 Å². The molecule has 0 fully saturated rings. The number of aryl methyl sites for hydroxylation is 2. The zero-order valence-corrected chi connectivity index (χ0v) is 17.7. The molecule has 1 amide bonds. The van der Waals surface area contributed by atoms with E-state index in [4.69, 9.17) is 0 Å². The quantitative estimate of drug-likeness (QED) is 0.440. The molecule has 0 N–H and O–H groups in total. The fourth-order valence-electron chi connectivity index (χ4n) is 4.54. The second kappa shape index (κ2) is 7.22. The summed E-state index contributed by atoms with van der Waals surface area (Å²) in [7, 11) is 1.67. The molecule has 4 aromatic rings. The largest absolute Gasteiger partial charge is 0.330 e. The Morgan fingerprint density at radius 3 is 2.59 bits per heavy atom. The highest BCUT2D eigenvalue weighted by Crippen LogP contribution is 2.37. The number of halogens is 3. The number of aromatic nitrogens is 4. The number of carbonyl (C=O) groups excluding carboxylic acids is 1. The van der Waals surface area contributed by atoms with Gasteiger partial charge in [0.1, 0.15) is 0 Å². The monoisotopic (exact) mass is 439 g/mol. The Balaban J connectivity index is 1.53. The zero-order valence-electron chi connectivity index (χ0n) is 17.7. The number of hydrogen-bond donors (Lipinski definition) is 0. The number of amides is 1. The lowest BCUT2D eigenvalue weighted by molar-refractivity contribution is 0.0675. The minimum atomic E-state index is -1.50. The van der Waals surface area contributed by atoms with Gasteiger partial charge in [0.25, 0.3) is 5.91 Å². The van der Waals surface area contributed by atoms with Crippen molar-refractivity contribution in [3.8, 4) is 11.3 Å². The number of fused-ring (bicyclic) bond motifs is 2. The van der Waals surface area contributed by atoms with Crippen LogP contribution in [-0.4, -0.2) is 36.7 Å². The predicted molar refractivity (Wildman–Crippen MR) is 112 cm³/mol. The highest BCUT2D eigenvalue weighted by atomic mass is 19.2. The van der Waals surface area contributed by atoms with E-state index in [2.05, 4.69) is 10.2 Å². The summed E-state index contributed by atoms with van der Waals surface area (Å²) in [6.07, 6.45) is 2.02. The summed E-state index contributed by atoms with van der Waals surface area (Å²) in [4.78, 5) is 15.1. The van der Waals surface area contributed by atoms with Gasteiger partial charge in [0.2, 0.25) is 0 Å². The fraction of sp³-hybridized carbons (Fsp3) is 0.261. The average Bonchev–Trinajstić information content (AvgIpc) is 3.34. The molecule has 5 rings (SSSR count). The molecule has 1 atom stereocenters. The normalized spacial score (nSPS) is 15.9. The third-order valence-electron chi connectivity index (χ3n) is 6.12. The van der Waals surface area contributed by atoms with E-state index in [0.717, 1.165) is 28.9 Å². The topological polar surface area (TPSA) is 55.4 Å². The van der Waals surface area contributed by atoms with E-state index in [0.29, 0.717) is 29.9 Å². The third kappa shape index (κ3) is 2.91. The number of pyridine rings is 1. The van der Waals surface area contributed by atoms with E-state index in [1.54, 1.807) is 22.7 Å². The van der Waals surface area contributed by atoms with E-state index in [9.17, 15) is 18.0 Å². The molecule has 1 aliphatic rings. The molecular weight excluding hydrogens is 419 g/mol. The van der Waals surface area contributed by atoms with E-state index < -0.39 is 17.5 Å². The van der Waals surface area contributed by atoms with Gasteiger partial charge in [-0.25, -0.2) is 17.7 Å². The first-order valence-corrected chi connectivity index (χ1v) is 10.2. The van der Waals surface area contributed by atoms with Crippen molar-refractivity contribution in [2.75, 3.05) is 6.54 Å². The summed E-state index contributed by atoms with van der Waals surface area (Å²) in [6.45, 7) is 4.19. The summed E-state index contributed by atoms with van der Waals surface area (Å²) >= 11 is 0. The van der Waals surface area contributed by atoms with Gasteiger partial charge in [-0.15, -0.1) is 0 Å². The average molecular weight is 439 g/mol. The zero-order chi connectivity index (χ0) is 22.7. The van der Waals surface area contributed by atoms with Crippen LogP contribution in [0.25, 0.3) is 16.8 Å². The lowest BCUT2D eigenvalue weighted by Crippen LogP contribution is -2.38. The summed E-state index contributed by atoms with van der Waals surface area (Å²) in [6, 6.07) is 7.23. The van der Waals surface area contributed by atoms with E-state index in [-0.39, 0.29) is 17.5 Å². The van der Waals surface area contributed by atoms with Crippen LogP contribution in [0.2, 0.25) is 0 Å². The SMILES string of the molecule is Cc1cccc2c(C(=O)N3CCc4c(nn(C)c4-c4cc(F)c(F)c(F)c4)[C@@H]3C)cnn12. The third-order valence-corrected chi connectivity index (χ3v) is 6.12. The maximum absolute atomic E-state index is 13.8. The molecule has 0 radical (unpaired) electrons. The Hall–Kier alpha value is -3.62.